The van der Waals surface area contributed by atoms with Crippen molar-refractivity contribution in [3.63, 3.8) is 0 Å². The number of rotatable bonds is 5. The largest absolute Gasteiger partial charge is 0.457 e. The lowest BCUT2D eigenvalue weighted by Crippen LogP contribution is -2.02. The summed E-state index contributed by atoms with van der Waals surface area (Å²) in [5.74, 6) is 3.54. The zero-order chi connectivity index (χ0) is 21.8. The second-order valence-electron chi connectivity index (χ2n) is 7.84. The summed E-state index contributed by atoms with van der Waals surface area (Å²) >= 11 is 5.94. The highest BCUT2D eigenvalue weighted by atomic mass is 35.5. The molecule has 5 nitrogen and oxygen atoms in total. The van der Waals surface area contributed by atoms with E-state index in [2.05, 4.69) is 31.9 Å². The molecule has 0 aliphatic carbocycles. The molecule has 0 saturated carbocycles. The molecule has 160 valence electrons. The van der Waals surface area contributed by atoms with Crippen molar-refractivity contribution < 1.29 is 4.74 Å². The van der Waals surface area contributed by atoms with E-state index in [1.54, 1.807) is 0 Å². The number of hydrogen-bond donors (Lipinski definition) is 0. The van der Waals surface area contributed by atoms with Crippen molar-refractivity contribution in [2.45, 2.75) is 32.2 Å². The van der Waals surface area contributed by atoms with Gasteiger partial charge in [0.2, 0.25) is 0 Å². The monoisotopic (exact) mass is 442 g/mol. The van der Waals surface area contributed by atoms with Crippen molar-refractivity contribution in [2.24, 2.45) is 4.99 Å². The third-order valence-electron chi connectivity index (χ3n) is 5.51. The number of ether oxygens (including phenoxy) is 1. The molecule has 1 aromatic heterocycles. The van der Waals surface area contributed by atoms with Gasteiger partial charge in [-0.1, -0.05) is 30.2 Å². The third-order valence-corrected chi connectivity index (χ3v) is 5.76. The summed E-state index contributed by atoms with van der Waals surface area (Å²) in [5.41, 5.74) is 2.92. The number of aromatic nitrogens is 3. The van der Waals surface area contributed by atoms with Crippen LogP contribution in [-0.4, -0.2) is 21.0 Å². The number of benzene rings is 3. The first-order valence-electron chi connectivity index (χ1n) is 10.8. The van der Waals surface area contributed by atoms with Gasteiger partial charge >= 0.3 is 0 Å². The zero-order valence-electron chi connectivity index (χ0n) is 17.6. The van der Waals surface area contributed by atoms with Crippen LogP contribution in [0.2, 0.25) is 5.02 Å². The van der Waals surface area contributed by atoms with Crippen molar-refractivity contribution >= 4 is 23.5 Å². The maximum absolute atomic E-state index is 5.94. The molecule has 0 unspecified atom stereocenters. The molecule has 0 saturated heterocycles. The Kier molecular flexibility index (Phi) is 5.99. The van der Waals surface area contributed by atoms with E-state index in [9.17, 15) is 0 Å². The van der Waals surface area contributed by atoms with Gasteiger partial charge in [-0.05, 0) is 79.1 Å². The summed E-state index contributed by atoms with van der Waals surface area (Å²) in [5, 5.41) is 9.52. The van der Waals surface area contributed by atoms with Crippen LogP contribution in [-0.2, 0) is 13.0 Å². The maximum Gasteiger partial charge on any atom is 0.163 e. The molecule has 0 radical (unpaired) electrons. The van der Waals surface area contributed by atoms with Gasteiger partial charge in [0.15, 0.2) is 5.82 Å². The van der Waals surface area contributed by atoms with Crippen molar-refractivity contribution in [3.8, 4) is 22.9 Å². The fourth-order valence-corrected chi connectivity index (χ4v) is 3.97. The first-order chi connectivity index (χ1) is 15.7. The number of nitrogens with zero attached hydrogens (tertiary/aromatic N) is 4. The molecule has 0 N–H and O–H groups in total. The van der Waals surface area contributed by atoms with E-state index >= 15 is 0 Å². The van der Waals surface area contributed by atoms with Crippen LogP contribution < -0.4 is 4.74 Å². The zero-order valence-corrected chi connectivity index (χ0v) is 18.4. The van der Waals surface area contributed by atoms with Crippen LogP contribution in [0.5, 0.6) is 11.5 Å². The van der Waals surface area contributed by atoms with Gasteiger partial charge in [-0.15, -0.1) is 10.2 Å². The maximum atomic E-state index is 5.94. The highest BCUT2D eigenvalue weighted by Gasteiger charge is 2.15. The molecule has 1 aliphatic rings. The lowest BCUT2D eigenvalue weighted by atomic mass is 10.2. The molecule has 0 amide bonds. The predicted molar refractivity (Wildman–Crippen MR) is 128 cm³/mol. The second kappa shape index (κ2) is 9.37. The van der Waals surface area contributed by atoms with E-state index in [0.717, 1.165) is 52.9 Å². The molecule has 0 spiro atoms. The first kappa shape index (κ1) is 20.5. The fraction of sp³-hybridized carbons (Fsp3) is 0.192. The molecule has 3 aromatic carbocycles. The minimum atomic E-state index is 0.684. The highest BCUT2D eigenvalue weighted by Crippen LogP contribution is 2.26. The van der Waals surface area contributed by atoms with Crippen molar-refractivity contribution in [3.05, 3.63) is 89.2 Å². The smallest absolute Gasteiger partial charge is 0.163 e. The summed E-state index contributed by atoms with van der Waals surface area (Å²) in [7, 11) is 0. The molecule has 5 rings (SSSR count). The van der Waals surface area contributed by atoms with E-state index < -0.39 is 0 Å². The van der Waals surface area contributed by atoms with E-state index in [-0.39, 0.29) is 0 Å². The molecule has 1 aliphatic heterocycles. The lowest BCUT2D eigenvalue weighted by molar-refractivity contribution is 0.482. The predicted octanol–water partition coefficient (Wildman–Crippen LogP) is 6.87. The van der Waals surface area contributed by atoms with Gasteiger partial charge in [-0.25, -0.2) is 0 Å². The number of aliphatic imine (C=N–C) groups is 1. The fourth-order valence-electron chi connectivity index (χ4n) is 3.84. The Balaban J connectivity index is 1.29. The lowest BCUT2D eigenvalue weighted by Gasteiger charge is -2.07. The molecule has 2 heterocycles. The SMILES string of the molecule is Clc1ccc(Oc2cccc(C=Nc3ccc(-c4nnc5n4CCCCC5)cc3)c2)cc1. The second-order valence-corrected chi connectivity index (χ2v) is 8.27. The van der Waals surface area contributed by atoms with Crippen molar-refractivity contribution in [1.82, 2.24) is 14.8 Å². The normalized spacial score (nSPS) is 13.7. The van der Waals surface area contributed by atoms with Crippen molar-refractivity contribution in [2.75, 3.05) is 0 Å². The van der Waals surface area contributed by atoms with Crippen LogP contribution in [0.4, 0.5) is 5.69 Å². The Morgan fingerprint density at radius 1 is 0.875 bits per heavy atom. The molecule has 0 atom stereocenters. The van der Waals surface area contributed by atoms with Gasteiger partial charge in [0.05, 0.1) is 5.69 Å². The van der Waals surface area contributed by atoms with E-state index in [1.165, 1.54) is 19.3 Å². The van der Waals surface area contributed by atoms with E-state index in [1.807, 2.05) is 66.9 Å². The van der Waals surface area contributed by atoms with Gasteiger partial charge in [0, 0.05) is 29.8 Å². The summed E-state index contributed by atoms with van der Waals surface area (Å²) in [6.07, 6.45) is 6.48. The number of halogens is 1. The molecule has 32 heavy (non-hydrogen) atoms. The Hall–Kier alpha value is -3.44. The standard InChI is InChI=1S/C26H23ClN4O/c27-21-10-14-23(15-11-21)32-24-6-4-5-19(17-24)18-28-22-12-8-20(9-13-22)26-30-29-25-7-2-1-3-16-31(25)26/h4-6,8-15,17-18H,1-3,7,16H2. The Labute approximate surface area is 192 Å². The minimum absolute atomic E-state index is 0.684. The molecule has 0 fully saturated rings. The molecular formula is C26H23ClN4O. The van der Waals surface area contributed by atoms with E-state index in [0.29, 0.717) is 5.02 Å². The molecular weight excluding hydrogens is 420 g/mol. The average Bonchev–Trinajstić information content (AvgIpc) is 3.08. The first-order valence-corrected chi connectivity index (χ1v) is 11.2. The summed E-state index contributed by atoms with van der Waals surface area (Å²) in [6.45, 7) is 0.992. The minimum Gasteiger partial charge on any atom is -0.457 e. The summed E-state index contributed by atoms with van der Waals surface area (Å²) in [4.78, 5) is 4.62. The topological polar surface area (TPSA) is 52.3 Å². The molecule has 4 aromatic rings. The quantitative estimate of drug-likeness (QED) is 0.317. The summed E-state index contributed by atoms with van der Waals surface area (Å²) in [6, 6.07) is 23.3. The number of fused-ring (bicyclic) bond motifs is 1. The Bertz CT molecular complexity index is 1230. The van der Waals surface area contributed by atoms with Gasteiger partial charge in [-0.2, -0.15) is 0 Å². The van der Waals surface area contributed by atoms with Crippen LogP contribution >= 0.6 is 11.6 Å². The molecule has 0 bridgehead atoms. The average molecular weight is 443 g/mol. The van der Waals surface area contributed by atoms with Gasteiger partial charge in [0.25, 0.3) is 0 Å². The number of hydrogen-bond acceptors (Lipinski definition) is 4. The van der Waals surface area contributed by atoms with Crippen LogP contribution in [0.25, 0.3) is 11.4 Å². The van der Waals surface area contributed by atoms with Crippen molar-refractivity contribution in [1.29, 1.82) is 0 Å². The third kappa shape index (κ3) is 4.73. The number of aryl methyl sites for hydroxylation is 1. The van der Waals surface area contributed by atoms with E-state index in [4.69, 9.17) is 16.3 Å². The van der Waals surface area contributed by atoms with Crippen LogP contribution in [0.15, 0.2) is 77.8 Å². The van der Waals surface area contributed by atoms with Crippen LogP contribution in [0.3, 0.4) is 0 Å². The van der Waals surface area contributed by atoms with Gasteiger partial charge in [-0.3, -0.25) is 4.99 Å². The van der Waals surface area contributed by atoms with Crippen LogP contribution in [0.1, 0.15) is 30.7 Å². The molecule has 6 heteroatoms. The van der Waals surface area contributed by atoms with Gasteiger partial charge < -0.3 is 9.30 Å². The van der Waals surface area contributed by atoms with Gasteiger partial charge in [0.1, 0.15) is 17.3 Å². The Morgan fingerprint density at radius 3 is 2.56 bits per heavy atom. The highest BCUT2D eigenvalue weighted by molar-refractivity contribution is 6.30. The Morgan fingerprint density at radius 2 is 1.72 bits per heavy atom. The van der Waals surface area contributed by atoms with Crippen LogP contribution in [0, 0.1) is 0 Å². The summed E-state index contributed by atoms with van der Waals surface area (Å²) < 4.78 is 8.16.